The van der Waals surface area contributed by atoms with Gasteiger partial charge in [-0.2, -0.15) is 11.8 Å². The fraction of sp³-hybridized carbons (Fsp3) is 0.917. The van der Waals surface area contributed by atoms with E-state index in [1.165, 1.54) is 0 Å². The van der Waals surface area contributed by atoms with Gasteiger partial charge in [0.25, 0.3) is 0 Å². The molecule has 0 spiro atoms. The average Bonchev–Trinajstić information content (AvgIpc) is 2.35. The number of piperidine rings is 1. The van der Waals surface area contributed by atoms with Crippen LogP contribution in [0.4, 0.5) is 0 Å². The van der Waals surface area contributed by atoms with E-state index < -0.39 is 0 Å². The van der Waals surface area contributed by atoms with Crippen LogP contribution >= 0.6 is 24.0 Å². The molecule has 17 heavy (non-hydrogen) atoms. The highest BCUT2D eigenvalue weighted by Gasteiger charge is 2.36. The first-order valence-corrected chi connectivity index (χ1v) is 7.93. The van der Waals surface area contributed by atoms with Crippen LogP contribution in [-0.4, -0.2) is 53.7 Å². The fourth-order valence-corrected chi connectivity index (χ4v) is 3.38. The van der Waals surface area contributed by atoms with Crippen molar-refractivity contribution < 1.29 is 4.74 Å². The van der Waals surface area contributed by atoms with Crippen molar-refractivity contribution in [1.82, 2.24) is 4.90 Å². The molecule has 0 aromatic heterocycles. The lowest BCUT2D eigenvalue weighted by Crippen LogP contribution is -2.49. The Bertz CT molecular complexity index is 241. The Hall–Kier alpha value is 0.160. The minimum atomic E-state index is 0.0378. The molecule has 0 aromatic rings. The van der Waals surface area contributed by atoms with E-state index in [1.807, 2.05) is 11.8 Å². The van der Waals surface area contributed by atoms with Crippen molar-refractivity contribution in [2.24, 2.45) is 5.73 Å². The van der Waals surface area contributed by atoms with Crippen molar-refractivity contribution in [3.63, 3.8) is 0 Å². The molecule has 0 saturated carbocycles. The van der Waals surface area contributed by atoms with E-state index in [1.54, 1.807) is 0 Å². The zero-order chi connectivity index (χ0) is 12.7. The molecule has 1 aliphatic heterocycles. The predicted octanol–water partition coefficient (Wildman–Crippen LogP) is 1.90. The topological polar surface area (TPSA) is 38.5 Å². The van der Waals surface area contributed by atoms with Gasteiger partial charge in [0.1, 0.15) is 0 Å². The zero-order valence-corrected chi connectivity index (χ0v) is 12.5. The summed E-state index contributed by atoms with van der Waals surface area (Å²) in [5, 5.41) is 0. The van der Waals surface area contributed by atoms with Gasteiger partial charge >= 0.3 is 0 Å². The second kappa shape index (κ2) is 7.56. The Kier molecular flexibility index (Phi) is 6.77. The monoisotopic (exact) mass is 276 g/mol. The highest BCUT2D eigenvalue weighted by Crippen LogP contribution is 2.34. The van der Waals surface area contributed by atoms with Gasteiger partial charge in [0, 0.05) is 13.2 Å². The molecule has 1 heterocycles. The lowest BCUT2D eigenvalue weighted by molar-refractivity contribution is 0.0956. The smallest absolute Gasteiger partial charge is 0.0891 e. The highest BCUT2D eigenvalue weighted by atomic mass is 32.2. The molecule has 0 amide bonds. The molecular weight excluding hydrogens is 252 g/mol. The first kappa shape index (κ1) is 15.2. The second-order valence-electron chi connectivity index (χ2n) is 4.52. The molecule has 2 N–H and O–H groups in total. The number of hydrogen-bond donors (Lipinski definition) is 1. The van der Waals surface area contributed by atoms with Gasteiger partial charge in [-0.3, -0.25) is 0 Å². The van der Waals surface area contributed by atoms with Gasteiger partial charge in [0.05, 0.1) is 16.3 Å². The quantitative estimate of drug-likeness (QED) is 0.568. The molecule has 0 aromatic carbocycles. The summed E-state index contributed by atoms with van der Waals surface area (Å²) in [6.45, 7) is 7.03. The van der Waals surface area contributed by atoms with E-state index in [4.69, 9.17) is 22.7 Å². The summed E-state index contributed by atoms with van der Waals surface area (Å²) in [7, 11) is 0. The Morgan fingerprint density at radius 2 is 2.06 bits per heavy atom. The van der Waals surface area contributed by atoms with Crippen LogP contribution in [0.5, 0.6) is 0 Å². The lowest BCUT2D eigenvalue weighted by atomic mass is 9.95. The SMILES string of the molecule is CCCOCCN1CCC(SC)(C(N)=S)CC1. The summed E-state index contributed by atoms with van der Waals surface area (Å²) in [6.07, 6.45) is 5.34. The van der Waals surface area contributed by atoms with Crippen molar-refractivity contribution in [1.29, 1.82) is 0 Å². The van der Waals surface area contributed by atoms with Gasteiger partial charge in [-0.25, -0.2) is 0 Å². The van der Waals surface area contributed by atoms with Crippen molar-refractivity contribution in [3.8, 4) is 0 Å². The van der Waals surface area contributed by atoms with E-state index in [2.05, 4.69) is 18.1 Å². The summed E-state index contributed by atoms with van der Waals surface area (Å²) >= 11 is 7.01. The van der Waals surface area contributed by atoms with Crippen LogP contribution in [0.15, 0.2) is 0 Å². The van der Waals surface area contributed by atoms with Crippen LogP contribution in [0.3, 0.4) is 0 Å². The maximum atomic E-state index is 5.87. The van der Waals surface area contributed by atoms with Gasteiger partial charge in [0.2, 0.25) is 0 Å². The molecule has 0 radical (unpaired) electrons. The number of thioether (sulfide) groups is 1. The van der Waals surface area contributed by atoms with Crippen LogP contribution in [0, 0.1) is 0 Å². The number of rotatable bonds is 7. The van der Waals surface area contributed by atoms with Gasteiger partial charge in [-0.1, -0.05) is 19.1 Å². The third-order valence-electron chi connectivity index (χ3n) is 3.40. The van der Waals surface area contributed by atoms with E-state index in [0.717, 1.165) is 52.1 Å². The molecule has 0 atom stereocenters. The van der Waals surface area contributed by atoms with Crippen LogP contribution in [0.2, 0.25) is 0 Å². The first-order valence-electron chi connectivity index (χ1n) is 6.30. The van der Waals surface area contributed by atoms with Crippen LogP contribution < -0.4 is 5.73 Å². The Balaban J connectivity index is 2.27. The molecule has 3 nitrogen and oxygen atoms in total. The molecule has 0 aliphatic carbocycles. The molecule has 1 fully saturated rings. The largest absolute Gasteiger partial charge is 0.392 e. The standard InChI is InChI=1S/C12H24N2OS2/c1-3-9-15-10-8-14-6-4-12(17-2,5-7-14)11(13)16/h3-10H2,1-2H3,(H2,13,16). The fourth-order valence-electron chi connectivity index (χ4n) is 2.13. The highest BCUT2D eigenvalue weighted by molar-refractivity contribution is 8.01. The molecule has 100 valence electrons. The summed E-state index contributed by atoms with van der Waals surface area (Å²) in [5.41, 5.74) is 5.87. The Morgan fingerprint density at radius 3 is 2.53 bits per heavy atom. The minimum Gasteiger partial charge on any atom is -0.392 e. The molecule has 0 bridgehead atoms. The second-order valence-corrected chi connectivity index (χ2v) is 6.15. The van der Waals surface area contributed by atoms with E-state index in [0.29, 0.717) is 4.99 Å². The number of thiocarbonyl (C=S) groups is 1. The summed E-state index contributed by atoms with van der Waals surface area (Å²) in [5.74, 6) is 0. The normalized spacial score (nSPS) is 20.4. The first-order chi connectivity index (χ1) is 8.14. The summed E-state index contributed by atoms with van der Waals surface area (Å²) < 4.78 is 5.55. The minimum absolute atomic E-state index is 0.0378. The maximum Gasteiger partial charge on any atom is 0.0891 e. The van der Waals surface area contributed by atoms with Crippen molar-refractivity contribution in [2.75, 3.05) is 39.1 Å². The van der Waals surface area contributed by atoms with E-state index in [-0.39, 0.29) is 4.75 Å². The van der Waals surface area contributed by atoms with Gasteiger partial charge in [-0.05, 0) is 38.6 Å². The van der Waals surface area contributed by atoms with Gasteiger partial charge in [0.15, 0.2) is 0 Å². The predicted molar refractivity (Wildman–Crippen MR) is 79.8 cm³/mol. The summed E-state index contributed by atoms with van der Waals surface area (Å²) in [6, 6.07) is 0. The van der Waals surface area contributed by atoms with Gasteiger partial charge < -0.3 is 15.4 Å². The molecule has 1 saturated heterocycles. The third-order valence-corrected chi connectivity index (χ3v) is 5.33. The Labute approximate surface area is 114 Å². The molecule has 5 heteroatoms. The van der Waals surface area contributed by atoms with Crippen LogP contribution in [0.1, 0.15) is 26.2 Å². The number of hydrogen-bond acceptors (Lipinski definition) is 4. The van der Waals surface area contributed by atoms with E-state index >= 15 is 0 Å². The molecule has 0 unspecified atom stereocenters. The lowest BCUT2D eigenvalue weighted by Gasteiger charge is -2.40. The average molecular weight is 276 g/mol. The summed E-state index contributed by atoms with van der Waals surface area (Å²) in [4.78, 5) is 3.12. The molecule has 1 aliphatic rings. The van der Waals surface area contributed by atoms with Crippen molar-refractivity contribution in [2.45, 2.75) is 30.9 Å². The van der Waals surface area contributed by atoms with Crippen LogP contribution in [-0.2, 0) is 4.74 Å². The van der Waals surface area contributed by atoms with Crippen LogP contribution in [0.25, 0.3) is 0 Å². The van der Waals surface area contributed by atoms with Crippen molar-refractivity contribution in [3.05, 3.63) is 0 Å². The number of likely N-dealkylation sites (tertiary alicyclic amines) is 1. The number of nitrogens with two attached hydrogens (primary N) is 1. The molecular formula is C12H24N2OS2. The van der Waals surface area contributed by atoms with Crippen molar-refractivity contribution >= 4 is 29.0 Å². The number of nitrogens with zero attached hydrogens (tertiary/aromatic N) is 1. The van der Waals surface area contributed by atoms with Gasteiger partial charge in [-0.15, -0.1) is 0 Å². The molecule has 1 rings (SSSR count). The van der Waals surface area contributed by atoms with E-state index in [9.17, 15) is 0 Å². The Morgan fingerprint density at radius 1 is 1.41 bits per heavy atom. The number of ether oxygens (including phenoxy) is 1. The maximum absolute atomic E-state index is 5.87. The zero-order valence-electron chi connectivity index (χ0n) is 10.9. The third kappa shape index (κ3) is 4.39.